The van der Waals surface area contributed by atoms with Crippen molar-refractivity contribution in [1.29, 1.82) is 0 Å². The van der Waals surface area contributed by atoms with Gasteiger partial charge in [-0.2, -0.15) is 0 Å². The maximum absolute atomic E-state index is 12.1. The van der Waals surface area contributed by atoms with Gasteiger partial charge in [0, 0.05) is 11.1 Å². The van der Waals surface area contributed by atoms with Crippen molar-refractivity contribution in [2.45, 2.75) is 13.0 Å². The standard InChI is InChI=1S/C13H11ClN2O4/c1-8(12-3-2-6-20-12)15-13(17)10-5-4-9(14)7-11(10)16(18)19/h2-8H,1H3,(H,15,17)/t8-/m0/s1. The van der Waals surface area contributed by atoms with Crippen molar-refractivity contribution in [3.05, 3.63) is 63.1 Å². The Labute approximate surface area is 119 Å². The molecule has 1 amide bonds. The minimum atomic E-state index is -0.641. The van der Waals surface area contributed by atoms with Crippen LogP contribution in [0, 0.1) is 10.1 Å². The van der Waals surface area contributed by atoms with Crippen LogP contribution >= 0.6 is 11.6 Å². The fraction of sp³-hybridized carbons (Fsp3) is 0.154. The third-order valence-electron chi connectivity index (χ3n) is 2.72. The van der Waals surface area contributed by atoms with Gasteiger partial charge in [-0.25, -0.2) is 0 Å². The molecule has 0 radical (unpaired) electrons. The average Bonchev–Trinajstić information content (AvgIpc) is 2.92. The molecule has 2 aromatic rings. The first-order valence-corrected chi connectivity index (χ1v) is 6.15. The Morgan fingerprint density at radius 1 is 1.45 bits per heavy atom. The number of nitro benzene ring substituents is 1. The second-order valence-corrected chi connectivity index (χ2v) is 4.57. The molecule has 0 saturated heterocycles. The number of rotatable bonds is 4. The fourth-order valence-corrected chi connectivity index (χ4v) is 1.90. The van der Waals surface area contributed by atoms with E-state index >= 15 is 0 Å². The van der Waals surface area contributed by atoms with Crippen molar-refractivity contribution < 1.29 is 14.1 Å². The Morgan fingerprint density at radius 3 is 2.80 bits per heavy atom. The van der Waals surface area contributed by atoms with Crippen LogP contribution in [0.3, 0.4) is 0 Å². The first-order chi connectivity index (χ1) is 9.49. The summed E-state index contributed by atoms with van der Waals surface area (Å²) in [6.45, 7) is 1.72. The van der Waals surface area contributed by atoms with Gasteiger partial charge in [-0.15, -0.1) is 0 Å². The summed E-state index contributed by atoms with van der Waals surface area (Å²) in [7, 11) is 0. The zero-order chi connectivity index (χ0) is 14.7. The summed E-state index contributed by atoms with van der Waals surface area (Å²) in [6, 6.07) is 6.91. The summed E-state index contributed by atoms with van der Waals surface area (Å²) in [4.78, 5) is 22.4. The average molecular weight is 295 g/mol. The SMILES string of the molecule is C[C@H](NC(=O)c1ccc(Cl)cc1[N+](=O)[O-])c1ccco1. The number of amides is 1. The molecule has 6 nitrogen and oxygen atoms in total. The molecule has 1 aromatic carbocycles. The van der Waals surface area contributed by atoms with Crippen LogP contribution < -0.4 is 5.32 Å². The number of furan rings is 1. The van der Waals surface area contributed by atoms with Gasteiger partial charge in [0.15, 0.2) is 0 Å². The lowest BCUT2D eigenvalue weighted by molar-refractivity contribution is -0.385. The van der Waals surface area contributed by atoms with E-state index in [1.54, 1.807) is 19.1 Å². The van der Waals surface area contributed by atoms with E-state index in [9.17, 15) is 14.9 Å². The first kappa shape index (κ1) is 14.1. The largest absolute Gasteiger partial charge is 0.467 e. The van der Waals surface area contributed by atoms with E-state index in [0.29, 0.717) is 5.76 Å². The second-order valence-electron chi connectivity index (χ2n) is 4.13. The van der Waals surface area contributed by atoms with E-state index in [1.165, 1.54) is 18.4 Å². The number of benzene rings is 1. The molecule has 20 heavy (non-hydrogen) atoms. The third kappa shape index (κ3) is 2.97. The van der Waals surface area contributed by atoms with Crippen LogP contribution in [0.5, 0.6) is 0 Å². The fourth-order valence-electron chi connectivity index (χ4n) is 1.73. The summed E-state index contributed by atoms with van der Waals surface area (Å²) in [5.41, 5.74) is -0.376. The number of halogens is 1. The number of hydrogen-bond acceptors (Lipinski definition) is 4. The highest BCUT2D eigenvalue weighted by Crippen LogP contribution is 2.24. The molecule has 1 aromatic heterocycles. The number of nitrogens with zero attached hydrogens (tertiary/aromatic N) is 1. The number of carbonyl (C=O) groups excluding carboxylic acids is 1. The van der Waals surface area contributed by atoms with E-state index in [1.807, 2.05) is 0 Å². The zero-order valence-corrected chi connectivity index (χ0v) is 11.3. The van der Waals surface area contributed by atoms with Crippen LogP contribution in [0.4, 0.5) is 5.69 Å². The van der Waals surface area contributed by atoms with Gasteiger partial charge < -0.3 is 9.73 Å². The lowest BCUT2D eigenvalue weighted by atomic mass is 10.1. The van der Waals surface area contributed by atoms with Gasteiger partial charge in [-0.1, -0.05) is 11.6 Å². The predicted molar refractivity (Wildman–Crippen MR) is 72.7 cm³/mol. The minimum Gasteiger partial charge on any atom is -0.467 e. The molecule has 104 valence electrons. The molecular weight excluding hydrogens is 284 g/mol. The Balaban J connectivity index is 2.23. The molecule has 0 unspecified atom stereocenters. The Morgan fingerprint density at radius 2 is 2.20 bits per heavy atom. The highest BCUT2D eigenvalue weighted by molar-refractivity contribution is 6.31. The molecular formula is C13H11ClN2O4. The van der Waals surface area contributed by atoms with E-state index in [-0.39, 0.29) is 16.3 Å². The molecule has 7 heteroatoms. The molecule has 0 aliphatic rings. The van der Waals surface area contributed by atoms with Gasteiger partial charge in [0.05, 0.1) is 17.2 Å². The van der Waals surface area contributed by atoms with Crippen LogP contribution in [-0.4, -0.2) is 10.8 Å². The van der Waals surface area contributed by atoms with Gasteiger partial charge in [0.25, 0.3) is 11.6 Å². The van der Waals surface area contributed by atoms with Crippen molar-refractivity contribution in [3.63, 3.8) is 0 Å². The first-order valence-electron chi connectivity index (χ1n) is 5.77. The molecule has 0 aliphatic carbocycles. The zero-order valence-electron chi connectivity index (χ0n) is 10.5. The maximum atomic E-state index is 12.1. The lowest BCUT2D eigenvalue weighted by Gasteiger charge is -2.11. The third-order valence-corrected chi connectivity index (χ3v) is 2.95. The highest BCUT2D eigenvalue weighted by atomic mass is 35.5. The van der Waals surface area contributed by atoms with E-state index in [4.69, 9.17) is 16.0 Å². The van der Waals surface area contributed by atoms with Gasteiger partial charge >= 0.3 is 0 Å². The van der Waals surface area contributed by atoms with Crippen LogP contribution in [0.2, 0.25) is 5.02 Å². The second kappa shape index (κ2) is 5.75. The van der Waals surface area contributed by atoms with E-state index < -0.39 is 16.9 Å². The monoisotopic (exact) mass is 294 g/mol. The van der Waals surface area contributed by atoms with Crippen molar-refractivity contribution >= 4 is 23.2 Å². The molecule has 0 aliphatic heterocycles. The van der Waals surface area contributed by atoms with Crippen LogP contribution in [0.1, 0.15) is 29.1 Å². The number of nitro groups is 1. The maximum Gasteiger partial charge on any atom is 0.283 e. The Bertz CT molecular complexity index is 640. The molecule has 0 fully saturated rings. The molecule has 2 rings (SSSR count). The summed E-state index contributed by atoms with van der Waals surface area (Å²) in [5, 5.41) is 13.8. The number of nitrogens with one attached hydrogen (secondary N) is 1. The smallest absolute Gasteiger partial charge is 0.283 e. The lowest BCUT2D eigenvalue weighted by Crippen LogP contribution is -2.27. The Kier molecular flexibility index (Phi) is 4.05. The minimum absolute atomic E-state index is 0.0437. The summed E-state index contributed by atoms with van der Waals surface area (Å²) >= 11 is 5.70. The van der Waals surface area contributed by atoms with E-state index in [0.717, 1.165) is 6.07 Å². The van der Waals surface area contributed by atoms with Gasteiger partial charge in [0.1, 0.15) is 11.3 Å². The molecule has 1 atom stereocenters. The number of hydrogen-bond donors (Lipinski definition) is 1. The van der Waals surface area contributed by atoms with Gasteiger partial charge in [0.2, 0.25) is 0 Å². The quantitative estimate of drug-likeness (QED) is 0.692. The van der Waals surface area contributed by atoms with Gasteiger partial charge in [-0.05, 0) is 31.2 Å². The molecule has 0 bridgehead atoms. The van der Waals surface area contributed by atoms with Crippen molar-refractivity contribution in [2.24, 2.45) is 0 Å². The topological polar surface area (TPSA) is 85.4 Å². The van der Waals surface area contributed by atoms with Gasteiger partial charge in [-0.3, -0.25) is 14.9 Å². The normalized spacial score (nSPS) is 11.9. The Hall–Kier alpha value is -2.34. The molecule has 1 heterocycles. The highest BCUT2D eigenvalue weighted by Gasteiger charge is 2.22. The summed E-state index contributed by atoms with van der Waals surface area (Å²) in [5.74, 6) is 0.00670. The van der Waals surface area contributed by atoms with Crippen molar-refractivity contribution in [2.75, 3.05) is 0 Å². The summed E-state index contributed by atoms with van der Waals surface area (Å²) < 4.78 is 5.16. The van der Waals surface area contributed by atoms with E-state index in [2.05, 4.69) is 5.32 Å². The van der Waals surface area contributed by atoms with Crippen molar-refractivity contribution in [1.82, 2.24) is 5.32 Å². The molecule has 1 N–H and O–H groups in total. The molecule has 0 saturated carbocycles. The summed E-state index contributed by atoms with van der Waals surface area (Å²) in [6.07, 6.45) is 1.49. The molecule has 0 spiro atoms. The predicted octanol–water partition coefficient (Wildman–Crippen LogP) is 3.33. The number of carbonyl (C=O) groups is 1. The van der Waals surface area contributed by atoms with Crippen LogP contribution in [-0.2, 0) is 0 Å². The van der Waals surface area contributed by atoms with Crippen LogP contribution in [0.25, 0.3) is 0 Å². The van der Waals surface area contributed by atoms with Crippen molar-refractivity contribution in [3.8, 4) is 0 Å². The van der Waals surface area contributed by atoms with Crippen LogP contribution in [0.15, 0.2) is 41.0 Å².